The van der Waals surface area contributed by atoms with Crippen LogP contribution < -0.4 is 5.32 Å². The number of rotatable bonds is 6. The highest BCUT2D eigenvalue weighted by molar-refractivity contribution is 7.92. The number of carbonyl (C=O) groups is 1. The molecule has 0 heterocycles. The highest BCUT2D eigenvalue weighted by atomic mass is 32.2. The molecule has 1 rings (SSSR count). The molecule has 0 aliphatic rings. The van der Waals surface area contributed by atoms with Gasteiger partial charge in [-0.3, -0.25) is 4.79 Å². The van der Waals surface area contributed by atoms with Crippen molar-refractivity contribution in [2.45, 2.75) is 43.4 Å². The number of nitrogens with one attached hydrogen (secondary N) is 1. The lowest BCUT2D eigenvalue weighted by Crippen LogP contribution is -2.32. The summed E-state index contributed by atoms with van der Waals surface area (Å²) in [5, 5.41) is 2.31. The van der Waals surface area contributed by atoms with Gasteiger partial charge in [-0.1, -0.05) is 18.2 Å². The lowest BCUT2D eigenvalue weighted by Gasteiger charge is -2.10. The minimum absolute atomic E-state index is 0.0805. The van der Waals surface area contributed by atoms with E-state index in [0.717, 1.165) is 5.56 Å². The van der Waals surface area contributed by atoms with Gasteiger partial charge in [0.05, 0.1) is 16.6 Å². The first-order valence-corrected chi connectivity index (χ1v) is 8.06. The van der Waals surface area contributed by atoms with E-state index in [1.165, 1.54) is 0 Å². The zero-order chi connectivity index (χ0) is 15.3. The number of hydrogen-bond acceptors (Lipinski definition) is 3. The fraction of sp³-hybridized carbons (Fsp3) is 0.400. The van der Waals surface area contributed by atoms with Crippen LogP contribution >= 0.6 is 0 Å². The van der Waals surface area contributed by atoms with Crippen molar-refractivity contribution < 1.29 is 13.2 Å². The van der Waals surface area contributed by atoms with Crippen LogP contribution in [0.25, 0.3) is 0 Å². The minimum atomic E-state index is -3.26. The number of carbonyl (C=O) groups excluding carboxylic acids is 1. The third kappa shape index (κ3) is 4.20. The van der Waals surface area contributed by atoms with Crippen molar-refractivity contribution in [1.29, 1.82) is 0 Å². The van der Waals surface area contributed by atoms with Crippen LogP contribution in [-0.4, -0.2) is 25.6 Å². The van der Waals surface area contributed by atoms with Gasteiger partial charge in [0.15, 0.2) is 9.84 Å². The summed E-state index contributed by atoms with van der Waals surface area (Å²) in [6, 6.07) is 6.37. The highest BCUT2D eigenvalue weighted by Crippen LogP contribution is 2.16. The second-order valence-electron chi connectivity index (χ2n) is 5.01. The zero-order valence-electron chi connectivity index (χ0n) is 12.1. The molecule has 0 saturated heterocycles. The fourth-order valence-electron chi connectivity index (χ4n) is 1.62. The summed E-state index contributed by atoms with van der Waals surface area (Å²) >= 11 is 0. The van der Waals surface area contributed by atoms with Crippen LogP contribution in [0.5, 0.6) is 0 Å². The summed E-state index contributed by atoms with van der Waals surface area (Å²) in [4.78, 5) is 12.0. The van der Waals surface area contributed by atoms with Gasteiger partial charge in [0, 0.05) is 6.04 Å². The average Bonchev–Trinajstić information content (AvgIpc) is 2.38. The van der Waals surface area contributed by atoms with Crippen LogP contribution in [0.2, 0.25) is 0 Å². The van der Waals surface area contributed by atoms with Crippen LogP contribution in [0.15, 0.2) is 41.8 Å². The molecule has 4 nitrogen and oxygen atoms in total. The van der Waals surface area contributed by atoms with Crippen LogP contribution in [0, 0.1) is 0 Å². The summed E-state index contributed by atoms with van der Waals surface area (Å²) < 4.78 is 23.9. The molecule has 0 aromatic heterocycles. The maximum atomic E-state index is 12.0. The lowest BCUT2D eigenvalue weighted by molar-refractivity contribution is -0.120. The highest BCUT2D eigenvalue weighted by Gasteiger charge is 2.18. The first-order chi connectivity index (χ1) is 9.27. The molecule has 0 aliphatic carbocycles. The molecule has 1 atom stereocenters. The van der Waals surface area contributed by atoms with Gasteiger partial charge < -0.3 is 5.32 Å². The van der Waals surface area contributed by atoms with E-state index < -0.39 is 15.1 Å². The minimum Gasteiger partial charge on any atom is -0.350 e. The van der Waals surface area contributed by atoms with E-state index in [1.807, 2.05) is 6.92 Å². The van der Waals surface area contributed by atoms with Crippen molar-refractivity contribution in [3.8, 4) is 0 Å². The van der Waals surface area contributed by atoms with Gasteiger partial charge in [-0.2, -0.15) is 0 Å². The second kappa shape index (κ2) is 6.70. The largest absolute Gasteiger partial charge is 0.350 e. The predicted octanol–water partition coefficient (Wildman–Crippen LogP) is 2.10. The lowest BCUT2D eigenvalue weighted by atomic mass is 10.1. The Morgan fingerprint density at radius 3 is 2.25 bits per heavy atom. The topological polar surface area (TPSA) is 63.2 Å². The molecule has 0 bridgehead atoms. The monoisotopic (exact) mass is 295 g/mol. The van der Waals surface area contributed by atoms with Gasteiger partial charge >= 0.3 is 0 Å². The Bertz CT molecular complexity index is 574. The Balaban J connectivity index is 2.78. The molecule has 1 N–H and O–H groups in total. The van der Waals surface area contributed by atoms with Crippen molar-refractivity contribution in [2.24, 2.45) is 0 Å². The summed E-state index contributed by atoms with van der Waals surface area (Å²) in [7, 11) is -3.26. The first-order valence-electron chi connectivity index (χ1n) is 6.52. The molecule has 1 amide bonds. The molecule has 0 spiro atoms. The Kier molecular flexibility index (Phi) is 5.51. The summed E-state index contributed by atoms with van der Waals surface area (Å²) in [6.45, 7) is 8.72. The van der Waals surface area contributed by atoms with E-state index in [1.54, 1.807) is 44.2 Å². The predicted molar refractivity (Wildman–Crippen MR) is 80.3 cm³/mol. The normalized spacial score (nSPS) is 13.0. The summed E-state index contributed by atoms with van der Waals surface area (Å²) in [5.41, 5.74) is 0.779. The number of hydrogen-bond donors (Lipinski definition) is 1. The average molecular weight is 295 g/mol. The fourth-order valence-corrected chi connectivity index (χ4v) is 2.68. The SMILES string of the molecule is C=C[C@@H](C)NC(=O)Cc1ccc(S(=O)(=O)C(C)C)cc1. The maximum Gasteiger partial charge on any atom is 0.224 e. The van der Waals surface area contributed by atoms with E-state index in [4.69, 9.17) is 0 Å². The number of amides is 1. The standard InChI is InChI=1S/C15H21NO3S/c1-5-12(4)16-15(17)10-13-6-8-14(9-7-13)20(18,19)11(2)3/h5-9,11-12H,1,10H2,2-4H3,(H,16,17)/t12-/m1/s1. The van der Waals surface area contributed by atoms with Gasteiger partial charge in [0.1, 0.15) is 0 Å². The molecule has 1 aromatic rings. The van der Waals surface area contributed by atoms with Crippen LogP contribution in [-0.2, 0) is 21.1 Å². The molecule has 110 valence electrons. The Morgan fingerprint density at radius 1 is 1.25 bits per heavy atom. The van der Waals surface area contributed by atoms with Crippen molar-refractivity contribution in [3.63, 3.8) is 0 Å². The third-order valence-corrected chi connectivity index (χ3v) is 5.15. The summed E-state index contributed by atoms with van der Waals surface area (Å²) in [5.74, 6) is -0.114. The Hall–Kier alpha value is -1.62. The van der Waals surface area contributed by atoms with Crippen molar-refractivity contribution >= 4 is 15.7 Å². The third-order valence-electron chi connectivity index (χ3n) is 2.98. The second-order valence-corrected chi connectivity index (χ2v) is 7.51. The van der Waals surface area contributed by atoms with E-state index in [9.17, 15) is 13.2 Å². The van der Waals surface area contributed by atoms with Crippen LogP contribution in [0.4, 0.5) is 0 Å². The van der Waals surface area contributed by atoms with Gasteiger partial charge in [0.2, 0.25) is 5.91 Å². The number of sulfone groups is 1. The van der Waals surface area contributed by atoms with Crippen molar-refractivity contribution in [3.05, 3.63) is 42.5 Å². The molecule has 5 heteroatoms. The molecule has 0 fully saturated rings. The van der Waals surface area contributed by atoms with E-state index >= 15 is 0 Å². The van der Waals surface area contributed by atoms with Gasteiger partial charge in [0.25, 0.3) is 0 Å². The van der Waals surface area contributed by atoms with Gasteiger partial charge in [-0.05, 0) is 38.5 Å². The molecule has 1 aromatic carbocycles. The smallest absolute Gasteiger partial charge is 0.224 e. The molecule has 0 saturated carbocycles. The molecule has 0 unspecified atom stereocenters. The molecule has 0 radical (unpaired) electrons. The van der Waals surface area contributed by atoms with E-state index in [-0.39, 0.29) is 23.3 Å². The van der Waals surface area contributed by atoms with Crippen molar-refractivity contribution in [2.75, 3.05) is 0 Å². The quantitative estimate of drug-likeness (QED) is 0.818. The Labute approximate surface area is 120 Å². The molecule has 20 heavy (non-hydrogen) atoms. The molecule has 0 aliphatic heterocycles. The first kappa shape index (κ1) is 16.4. The number of benzene rings is 1. The van der Waals surface area contributed by atoms with Gasteiger partial charge in [-0.15, -0.1) is 6.58 Å². The zero-order valence-corrected chi connectivity index (χ0v) is 12.9. The van der Waals surface area contributed by atoms with Crippen molar-refractivity contribution in [1.82, 2.24) is 5.32 Å². The Morgan fingerprint density at radius 2 is 1.80 bits per heavy atom. The van der Waals surface area contributed by atoms with E-state index in [0.29, 0.717) is 0 Å². The molecular weight excluding hydrogens is 274 g/mol. The summed E-state index contributed by atoms with van der Waals surface area (Å²) in [6.07, 6.45) is 1.87. The van der Waals surface area contributed by atoms with Crippen LogP contribution in [0.3, 0.4) is 0 Å². The van der Waals surface area contributed by atoms with Gasteiger partial charge in [-0.25, -0.2) is 8.42 Å². The molecular formula is C15H21NO3S. The van der Waals surface area contributed by atoms with Crippen LogP contribution in [0.1, 0.15) is 26.3 Å². The maximum absolute atomic E-state index is 12.0. The van der Waals surface area contributed by atoms with E-state index in [2.05, 4.69) is 11.9 Å².